The molecule has 86 valence electrons. The Morgan fingerprint density at radius 3 is 2.87 bits per heavy atom. The molecule has 0 aliphatic carbocycles. The maximum atomic E-state index is 11.6. The van der Waals surface area contributed by atoms with Crippen LogP contribution < -0.4 is 0 Å². The van der Waals surface area contributed by atoms with E-state index in [0.29, 0.717) is 17.9 Å². The largest absolute Gasteiger partial charge is 0.380 e. The van der Waals surface area contributed by atoms with E-state index in [4.69, 9.17) is 4.74 Å². The van der Waals surface area contributed by atoms with Crippen molar-refractivity contribution in [3.8, 4) is 0 Å². The van der Waals surface area contributed by atoms with Gasteiger partial charge in [0.15, 0.2) is 0 Å². The van der Waals surface area contributed by atoms with Crippen LogP contribution in [-0.4, -0.2) is 42.5 Å². The van der Waals surface area contributed by atoms with Crippen LogP contribution in [0.1, 0.15) is 33.1 Å². The fourth-order valence-electron chi connectivity index (χ4n) is 2.73. The molecule has 3 atom stereocenters. The molecular formula is C12H21NO2. The lowest BCUT2D eigenvalue weighted by Gasteiger charge is -2.43. The standard InChI is InChI=1S/C12H21NO2/c1-9-10(2)13(6-5-12(9)14)11-4-3-7-15-8-11/h9-11H,3-8H2,1-2H3. The summed E-state index contributed by atoms with van der Waals surface area (Å²) in [5.41, 5.74) is 0. The Labute approximate surface area is 91.8 Å². The van der Waals surface area contributed by atoms with Gasteiger partial charge in [0, 0.05) is 37.6 Å². The maximum absolute atomic E-state index is 11.6. The molecule has 0 aromatic heterocycles. The van der Waals surface area contributed by atoms with Gasteiger partial charge < -0.3 is 4.74 Å². The van der Waals surface area contributed by atoms with Crippen molar-refractivity contribution in [2.75, 3.05) is 19.8 Å². The summed E-state index contributed by atoms with van der Waals surface area (Å²) < 4.78 is 5.52. The lowest BCUT2D eigenvalue weighted by Crippen LogP contribution is -2.53. The highest BCUT2D eigenvalue weighted by atomic mass is 16.5. The number of hydrogen-bond donors (Lipinski definition) is 0. The normalized spacial score (nSPS) is 39.3. The smallest absolute Gasteiger partial charge is 0.138 e. The molecule has 0 aromatic rings. The molecule has 0 spiro atoms. The van der Waals surface area contributed by atoms with Crippen LogP contribution in [0.2, 0.25) is 0 Å². The van der Waals surface area contributed by atoms with Crippen molar-refractivity contribution in [1.29, 1.82) is 0 Å². The van der Waals surface area contributed by atoms with Gasteiger partial charge in [-0.1, -0.05) is 6.92 Å². The second-order valence-electron chi connectivity index (χ2n) is 4.85. The zero-order valence-corrected chi connectivity index (χ0v) is 9.74. The number of ketones is 1. The number of nitrogens with zero attached hydrogens (tertiary/aromatic N) is 1. The van der Waals surface area contributed by atoms with Gasteiger partial charge in [-0.25, -0.2) is 0 Å². The lowest BCUT2D eigenvalue weighted by molar-refractivity contribution is -0.130. The van der Waals surface area contributed by atoms with Gasteiger partial charge in [0.1, 0.15) is 5.78 Å². The first-order valence-electron chi connectivity index (χ1n) is 6.06. The number of rotatable bonds is 1. The van der Waals surface area contributed by atoms with E-state index in [1.165, 1.54) is 6.42 Å². The molecule has 0 N–H and O–H groups in total. The third-order valence-corrected chi connectivity index (χ3v) is 3.98. The molecule has 2 fully saturated rings. The van der Waals surface area contributed by atoms with Gasteiger partial charge in [-0.05, 0) is 19.8 Å². The van der Waals surface area contributed by atoms with Crippen molar-refractivity contribution >= 4 is 5.78 Å². The van der Waals surface area contributed by atoms with Crippen molar-refractivity contribution < 1.29 is 9.53 Å². The maximum Gasteiger partial charge on any atom is 0.138 e. The van der Waals surface area contributed by atoms with Gasteiger partial charge in [-0.3, -0.25) is 9.69 Å². The highest BCUT2D eigenvalue weighted by Crippen LogP contribution is 2.25. The zero-order chi connectivity index (χ0) is 10.8. The summed E-state index contributed by atoms with van der Waals surface area (Å²) in [4.78, 5) is 14.1. The van der Waals surface area contributed by atoms with Crippen LogP contribution in [0.15, 0.2) is 0 Å². The van der Waals surface area contributed by atoms with E-state index in [9.17, 15) is 4.79 Å². The number of Topliss-reactive ketones (excluding diaryl/α,β-unsaturated/α-hetero) is 1. The summed E-state index contributed by atoms with van der Waals surface area (Å²) >= 11 is 0. The van der Waals surface area contributed by atoms with Crippen LogP contribution >= 0.6 is 0 Å². The summed E-state index contributed by atoms with van der Waals surface area (Å²) in [5.74, 6) is 0.621. The quantitative estimate of drug-likeness (QED) is 0.657. The predicted molar refractivity (Wildman–Crippen MR) is 58.8 cm³/mol. The minimum atomic E-state index is 0.195. The summed E-state index contributed by atoms with van der Waals surface area (Å²) in [6.07, 6.45) is 3.11. The lowest BCUT2D eigenvalue weighted by atomic mass is 9.88. The molecule has 0 bridgehead atoms. The highest BCUT2D eigenvalue weighted by Gasteiger charge is 2.35. The number of carbonyl (C=O) groups excluding carboxylic acids is 1. The SMILES string of the molecule is CC1C(=O)CCN(C2CCCOC2)C1C. The fourth-order valence-corrected chi connectivity index (χ4v) is 2.73. The van der Waals surface area contributed by atoms with Crippen LogP contribution in [0.4, 0.5) is 0 Å². The van der Waals surface area contributed by atoms with Crippen molar-refractivity contribution in [3.05, 3.63) is 0 Å². The number of carbonyl (C=O) groups is 1. The average Bonchev–Trinajstić information content (AvgIpc) is 2.27. The number of hydrogen-bond acceptors (Lipinski definition) is 3. The van der Waals surface area contributed by atoms with E-state index in [1.807, 2.05) is 0 Å². The number of piperidine rings is 1. The molecule has 3 heteroatoms. The molecule has 3 unspecified atom stereocenters. The van der Waals surface area contributed by atoms with Gasteiger partial charge in [-0.15, -0.1) is 0 Å². The van der Waals surface area contributed by atoms with E-state index in [0.717, 1.165) is 32.6 Å². The number of likely N-dealkylation sites (tertiary alicyclic amines) is 1. The van der Waals surface area contributed by atoms with Gasteiger partial charge in [0.05, 0.1) is 6.61 Å². The monoisotopic (exact) mass is 211 g/mol. The minimum absolute atomic E-state index is 0.195. The Kier molecular flexibility index (Phi) is 3.42. The first-order valence-corrected chi connectivity index (χ1v) is 6.06. The Morgan fingerprint density at radius 1 is 1.40 bits per heavy atom. The molecule has 2 rings (SSSR count). The van der Waals surface area contributed by atoms with Crippen LogP contribution in [-0.2, 0) is 9.53 Å². The predicted octanol–water partition coefficient (Wildman–Crippen LogP) is 1.46. The number of ether oxygens (including phenoxy) is 1. The topological polar surface area (TPSA) is 29.5 Å². The van der Waals surface area contributed by atoms with Crippen molar-refractivity contribution in [2.24, 2.45) is 5.92 Å². The van der Waals surface area contributed by atoms with Crippen molar-refractivity contribution in [3.63, 3.8) is 0 Å². The summed E-state index contributed by atoms with van der Waals surface area (Å²) in [6.45, 7) is 6.93. The van der Waals surface area contributed by atoms with Crippen molar-refractivity contribution in [2.45, 2.75) is 45.2 Å². The third kappa shape index (κ3) is 2.23. The molecule has 2 heterocycles. The third-order valence-electron chi connectivity index (χ3n) is 3.98. The van der Waals surface area contributed by atoms with Crippen LogP contribution in [0.25, 0.3) is 0 Å². The van der Waals surface area contributed by atoms with Crippen LogP contribution in [0, 0.1) is 5.92 Å². The average molecular weight is 211 g/mol. The Bertz CT molecular complexity index is 236. The minimum Gasteiger partial charge on any atom is -0.380 e. The summed E-state index contributed by atoms with van der Waals surface area (Å²) in [6, 6.07) is 0.933. The highest BCUT2D eigenvalue weighted by molar-refractivity contribution is 5.82. The van der Waals surface area contributed by atoms with Gasteiger partial charge in [-0.2, -0.15) is 0 Å². The van der Waals surface area contributed by atoms with Gasteiger partial charge in [0.2, 0.25) is 0 Å². The molecule has 0 saturated carbocycles. The summed E-state index contributed by atoms with van der Waals surface area (Å²) in [7, 11) is 0. The van der Waals surface area contributed by atoms with E-state index in [1.54, 1.807) is 0 Å². The molecule has 0 radical (unpaired) electrons. The van der Waals surface area contributed by atoms with E-state index < -0.39 is 0 Å². The van der Waals surface area contributed by atoms with E-state index in [-0.39, 0.29) is 5.92 Å². The molecular weight excluding hydrogens is 190 g/mol. The molecule has 0 aromatic carbocycles. The first kappa shape index (κ1) is 11.1. The fraction of sp³-hybridized carbons (Fsp3) is 0.917. The van der Waals surface area contributed by atoms with E-state index in [2.05, 4.69) is 18.7 Å². The van der Waals surface area contributed by atoms with E-state index >= 15 is 0 Å². The van der Waals surface area contributed by atoms with Crippen LogP contribution in [0.3, 0.4) is 0 Å². The first-order chi connectivity index (χ1) is 7.20. The zero-order valence-electron chi connectivity index (χ0n) is 9.74. The Balaban J connectivity index is 1.99. The molecule has 2 saturated heterocycles. The summed E-state index contributed by atoms with van der Waals surface area (Å²) in [5, 5.41) is 0. The molecule has 15 heavy (non-hydrogen) atoms. The molecule has 3 nitrogen and oxygen atoms in total. The Morgan fingerprint density at radius 2 is 2.20 bits per heavy atom. The van der Waals surface area contributed by atoms with Crippen molar-refractivity contribution in [1.82, 2.24) is 4.90 Å². The second-order valence-corrected chi connectivity index (χ2v) is 4.85. The van der Waals surface area contributed by atoms with Crippen LogP contribution in [0.5, 0.6) is 0 Å². The van der Waals surface area contributed by atoms with Gasteiger partial charge in [0.25, 0.3) is 0 Å². The molecule has 0 amide bonds. The second kappa shape index (κ2) is 4.62. The van der Waals surface area contributed by atoms with Gasteiger partial charge >= 0.3 is 0 Å². The molecule has 2 aliphatic heterocycles. The Hall–Kier alpha value is -0.410. The molecule has 2 aliphatic rings.